The number of hydrogen-bond donors (Lipinski definition) is 3. The average molecular weight is 369 g/mol. The standard InChI is InChI=1S/C16H18Cl2N4O2/c1-9(2)13-8-14(22-21-13)16(24)20-6-5-19-15(23)10-3-4-11(17)12(18)7-10/h3-4,7-9H,5-6H2,1-2H3,(H,19,23)(H,20,24)(H,21,22). The van der Waals surface area contributed by atoms with Crippen LogP contribution in [-0.2, 0) is 0 Å². The quantitative estimate of drug-likeness (QED) is 0.684. The Morgan fingerprint density at radius 2 is 1.75 bits per heavy atom. The topological polar surface area (TPSA) is 86.9 Å². The van der Waals surface area contributed by atoms with Crippen LogP contribution in [-0.4, -0.2) is 35.1 Å². The SMILES string of the molecule is CC(C)c1cc(C(=O)NCCNC(=O)c2ccc(Cl)c(Cl)c2)n[nH]1. The molecule has 0 saturated carbocycles. The lowest BCUT2D eigenvalue weighted by Crippen LogP contribution is -2.34. The van der Waals surface area contributed by atoms with Crippen molar-refractivity contribution in [1.82, 2.24) is 20.8 Å². The molecule has 0 saturated heterocycles. The lowest BCUT2D eigenvalue weighted by molar-refractivity contribution is 0.0925. The zero-order valence-electron chi connectivity index (χ0n) is 13.3. The van der Waals surface area contributed by atoms with Gasteiger partial charge in [0, 0.05) is 24.3 Å². The predicted molar refractivity (Wildman–Crippen MR) is 93.8 cm³/mol. The molecule has 0 unspecified atom stereocenters. The maximum absolute atomic E-state index is 12.0. The predicted octanol–water partition coefficient (Wildman–Crippen LogP) is 3.00. The molecule has 0 fully saturated rings. The Morgan fingerprint density at radius 3 is 2.33 bits per heavy atom. The van der Waals surface area contributed by atoms with E-state index < -0.39 is 0 Å². The Kier molecular flexibility index (Phi) is 6.23. The monoisotopic (exact) mass is 368 g/mol. The van der Waals surface area contributed by atoms with Gasteiger partial charge in [-0.15, -0.1) is 0 Å². The first-order valence-corrected chi connectivity index (χ1v) is 8.21. The van der Waals surface area contributed by atoms with Crippen LogP contribution in [0.25, 0.3) is 0 Å². The van der Waals surface area contributed by atoms with Crippen molar-refractivity contribution in [3.63, 3.8) is 0 Å². The number of amides is 2. The van der Waals surface area contributed by atoms with E-state index in [-0.39, 0.29) is 30.8 Å². The van der Waals surface area contributed by atoms with Gasteiger partial charge in [-0.25, -0.2) is 0 Å². The fraction of sp³-hybridized carbons (Fsp3) is 0.312. The summed E-state index contributed by atoms with van der Waals surface area (Å²) in [6, 6.07) is 6.35. The Bertz CT molecular complexity index is 743. The second-order valence-corrected chi connectivity index (χ2v) is 6.32. The molecule has 0 aliphatic carbocycles. The summed E-state index contributed by atoms with van der Waals surface area (Å²) in [6.07, 6.45) is 0. The van der Waals surface area contributed by atoms with Gasteiger partial charge in [0.1, 0.15) is 5.69 Å². The van der Waals surface area contributed by atoms with Crippen LogP contribution in [0.1, 0.15) is 46.3 Å². The van der Waals surface area contributed by atoms with Crippen LogP contribution in [0, 0.1) is 0 Å². The Morgan fingerprint density at radius 1 is 1.08 bits per heavy atom. The van der Waals surface area contributed by atoms with Crippen LogP contribution in [0.4, 0.5) is 0 Å². The van der Waals surface area contributed by atoms with Gasteiger partial charge >= 0.3 is 0 Å². The molecule has 0 bridgehead atoms. The van der Waals surface area contributed by atoms with Crippen molar-refractivity contribution in [3.05, 3.63) is 51.3 Å². The van der Waals surface area contributed by atoms with Crippen LogP contribution < -0.4 is 10.6 Å². The molecule has 0 radical (unpaired) electrons. The molecule has 2 aromatic rings. The van der Waals surface area contributed by atoms with Crippen molar-refractivity contribution in [1.29, 1.82) is 0 Å². The molecule has 0 atom stereocenters. The number of aromatic amines is 1. The number of nitrogens with zero attached hydrogens (tertiary/aromatic N) is 1. The molecular formula is C16H18Cl2N4O2. The molecule has 24 heavy (non-hydrogen) atoms. The van der Waals surface area contributed by atoms with Gasteiger partial charge in [0.15, 0.2) is 0 Å². The van der Waals surface area contributed by atoms with E-state index in [9.17, 15) is 9.59 Å². The van der Waals surface area contributed by atoms with Crippen LogP contribution in [0.3, 0.4) is 0 Å². The van der Waals surface area contributed by atoms with E-state index in [0.717, 1.165) is 5.69 Å². The van der Waals surface area contributed by atoms with Gasteiger partial charge < -0.3 is 10.6 Å². The van der Waals surface area contributed by atoms with Crippen LogP contribution in [0.5, 0.6) is 0 Å². The number of H-pyrrole nitrogens is 1. The highest BCUT2D eigenvalue weighted by atomic mass is 35.5. The highest BCUT2D eigenvalue weighted by Gasteiger charge is 2.12. The molecule has 1 heterocycles. The first kappa shape index (κ1) is 18.3. The largest absolute Gasteiger partial charge is 0.350 e. The first-order valence-electron chi connectivity index (χ1n) is 7.45. The minimum absolute atomic E-state index is 0.268. The number of aromatic nitrogens is 2. The molecule has 1 aromatic carbocycles. The van der Waals surface area contributed by atoms with Gasteiger partial charge in [0.25, 0.3) is 11.8 Å². The van der Waals surface area contributed by atoms with E-state index >= 15 is 0 Å². The third-order valence-electron chi connectivity index (χ3n) is 3.33. The van der Waals surface area contributed by atoms with Crippen molar-refractivity contribution in [2.75, 3.05) is 13.1 Å². The van der Waals surface area contributed by atoms with E-state index in [2.05, 4.69) is 20.8 Å². The smallest absolute Gasteiger partial charge is 0.271 e. The van der Waals surface area contributed by atoms with Crippen LogP contribution in [0.15, 0.2) is 24.3 Å². The summed E-state index contributed by atoms with van der Waals surface area (Å²) in [4.78, 5) is 23.9. The molecule has 1 aromatic heterocycles. The number of halogens is 2. The Balaban J connectivity index is 1.78. The van der Waals surface area contributed by atoms with Crippen molar-refractivity contribution in [2.24, 2.45) is 0 Å². The normalized spacial score (nSPS) is 10.7. The van der Waals surface area contributed by atoms with Gasteiger partial charge in [0.2, 0.25) is 0 Å². The van der Waals surface area contributed by atoms with Crippen LogP contribution in [0.2, 0.25) is 10.0 Å². The number of carbonyl (C=O) groups excluding carboxylic acids is 2. The highest BCUT2D eigenvalue weighted by molar-refractivity contribution is 6.42. The molecule has 0 aliphatic heterocycles. The van der Waals surface area contributed by atoms with E-state index in [1.807, 2.05) is 13.8 Å². The minimum atomic E-state index is -0.290. The van der Waals surface area contributed by atoms with E-state index in [1.165, 1.54) is 6.07 Å². The van der Waals surface area contributed by atoms with Gasteiger partial charge in [-0.3, -0.25) is 14.7 Å². The second kappa shape index (κ2) is 8.17. The van der Waals surface area contributed by atoms with Crippen LogP contribution >= 0.6 is 23.2 Å². The second-order valence-electron chi connectivity index (χ2n) is 5.50. The molecule has 0 aliphatic rings. The average Bonchev–Trinajstić information content (AvgIpc) is 3.04. The fourth-order valence-electron chi connectivity index (χ4n) is 1.93. The zero-order valence-corrected chi connectivity index (χ0v) is 14.8. The maximum Gasteiger partial charge on any atom is 0.271 e. The third-order valence-corrected chi connectivity index (χ3v) is 4.07. The van der Waals surface area contributed by atoms with Crippen molar-refractivity contribution in [2.45, 2.75) is 19.8 Å². The molecule has 2 rings (SSSR count). The summed E-state index contributed by atoms with van der Waals surface area (Å²) < 4.78 is 0. The van der Waals surface area contributed by atoms with E-state index in [0.29, 0.717) is 21.3 Å². The number of benzene rings is 1. The summed E-state index contributed by atoms with van der Waals surface area (Å²) in [7, 11) is 0. The molecule has 0 spiro atoms. The molecular weight excluding hydrogens is 351 g/mol. The van der Waals surface area contributed by atoms with Crippen molar-refractivity contribution in [3.8, 4) is 0 Å². The van der Waals surface area contributed by atoms with Crippen molar-refractivity contribution < 1.29 is 9.59 Å². The number of hydrogen-bond acceptors (Lipinski definition) is 3. The summed E-state index contributed by atoms with van der Waals surface area (Å²) in [5.74, 6) is -0.309. The maximum atomic E-state index is 12.0. The molecule has 2 amide bonds. The lowest BCUT2D eigenvalue weighted by Gasteiger charge is -2.07. The van der Waals surface area contributed by atoms with E-state index in [4.69, 9.17) is 23.2 Å². The first-order chi connectivity index (χ1) is 11.4. The number of carbonyl (C=O) groups is 2. The molecule has 6 nitrogen and oxygen atoms in total. The molecule has 8 heteroatoms. The third kappa shape index (κ3) is 4.72. The zero-order chi connectivity index (χ0) is 17.7. The number of rotatable bonds is 6. The Labute approximate surface area is 149 Å². The van der Waals surface area contributed by atoms with E-state index in [1.54, 1.807) is 18.2 Å². The van der Waals surface area contributed by atoms with Gasteiger partial charge in [-0.2, -0.15) is 5.10 Å². The fourth-order valence-corrected chi connectivity index (χ4v) is 2.23. The lowest BCUT2D eigenvalue weighted by atomic mass is 10.1. The number of nitrogens with one attached hydrogen (secondary N) is 3. The van der Waals surface area contributed by atoms with Gasteiger partial charge in [-0.1, -0.05) is 37.0 Å². The Hall–Kier alpha value is -2.05. The van der Waals surface area contributed by atoms with Gasteiger partial charge in [-0.05, 0) is 30.2 Å². The summed E-state index contributed by atoms with van der Waals surface area (Å²) >= 11 is 11.7. The summed E-state index contributed by atoms with van der Waals surface area (Å²) in [5.41, 5.74) is 1.63. The minimum Gasteiger partial charge on any atom is -0.350 e. The highest BCUT2D eigenvalue weighted by Crippen LogP contribution is 2.22. The molecule has 128 valence electrons. The molecule has 3 N–H and O–H groups in total. The van der Waals surface area contributed by atoms with Crippen molar-refractivity contribution >= 4 is 35.0 Å². The van der Waals surface area contributed by atoms with Gasteiger partial charge in [0.05, 0.1) is 10.0 Å². The summed E-state index contributed by atoms with van der Waals surface area (Å²) in [6.45, 7) is 4.59. The summed E-state index contributed by atoms with van der Waals surface area (Å²) in [5, 5.41) is 12.9.